The van der Waals surface area contributed by atoms with Crippen molar-refractivity contribution in [3.8, 4) is 0 Å². The molecule has 1 amide bonds. The van der Waals surface area contributed by atoms with Gasteiger partial charge in [-0.15, -0.1) is 0 Å². The van der Waals surface area contributed by atoms with Crippen molar-refractivity contribution in [3.63, 3.8) is 0 Å². The minimum atomic E-state index is 0.192. The molecule has 1 N–H and O–H groups in total. The maximum absolute atomic E-state index is 13.0. The first-order valence-corrected chi connectivity index (χ1v) is 9.87. The third-order valence-electron chi connectivity index (χ3n) is 5.83. The van der Waals surface area contributed by atoms with Crippen molar-refractivity contribution in [2.75, 3.05) is 27.2 Å². The molecule has 3 aromatic rings. The van der Waals surface area contributed by atoms with E-state index in [-0.39, 0.29) is 5.91 Å². The van der Waals surface area contributed by atoms with E-state index in [1.807, 2.05) is 30.0 Å². The van der Waals surface area contributed by atoms with E-state index >= 15 is 0 Å². The molecule has 1 saturated heterocycles. The number of aromatic nitrogens is 2. The number of benzene rings is 2. The summed E-state index contributed by atoms with van der Waals surface area (Å²) >= 11 is 0. The average molecular weight is 377 g/mol. The van der Waals surface area contributed by atoms with E-state index in [0.29, 0.717) is 18.4 Å². The SMILES string of the molecule is Cc1ccc(C2CN(C(=O)Cc3ccc4nc(C)[nH]c4c3)CC2N(C)C)cc1. The molecule has 146 valence electrons. The van der Waals surface area contributed by atoms with Gasteiger partial charge in [0.05, 0.1) is 17.5 Å². The van der Waals surface area contributed by atoms with Crippen LogP contribution in [0.5, 0.6) is 0 Å². The fraction of sp³-hybridized carbons (Fsp3) is 0.391. The maximum atomic E-state index is 13.0. The normalized spacial score (nSPS) is 19.7. The number of aryl methyl sites for hydroxylation is 2. The highest BCUT2D eigenvalue weighted by Crippen LogP contribution is 2.31. The van der Waals surface area contributed by atoms with E-state index in [1.165, 1.54) is 11.1 Å². The lowest BCUT2D eigenvalue weighted by Crippen LogP contribution is -2.36. The van der Waals surface area contributed by atoms with E-state index in [1.54, 1.807) is 0 Å². The van der Waals surface area contributed by atoms with Gasteiger partial charge in [-0.2, -0.15) is 0 Å². The molecule has 2 unspecified atom stereocenters. The molecule has 28 heavy (non-hydrogen) atoms. The molecule has 2 aromatic carbocycles. The topological polar surface area (TPSA) is 52.2 Å². The molecule has 2 heterocycles. The molecule has 1 aliphatic heterocycles. The van der Waals surface area contributed by atoms with Gasteiger partial charge in [-0.1, -0.05) is 35.9 Å². The summed E-state index contributed by atoms with van der Waals surface area (Å²) in [4.78, 5) is 25.0. The summed E-state index contributed by atoms with van der Waals surface area (Å²) < 4.78 is 0. The van der Waals surface area contributed by atoms with Crippen molar-refractivity contribution in [2.45, 2.75) is 32.2 Å². The molecule has 4 rings (SSSR count). The Morgan fingerprint density at radius 1 is 1.14 bits per heavy atom. The van der Waals surface area contributed by atoms with Gasteiger partial charge >= 0.3 is 0 Å². The molecular formula is C23H28N4O. The number of imidazole rings is 1. The first kappa shape index (κ1) is 18.7. The Morgan fingerprint density at radius 3 is 2.61 bits per heavy atom. The number of nitrogens with zero attached hydrogens (tertiary/aromatic N) is 3. The molecule has 1 fully saturated rings. The van der Waals surface area contributed by atoms with E-state index < -0.39 is 0 Å². The number of carbonyl (C=O) groups is 1. The van der Waals surface area contributed by atoms with Crippen LogP contribution in [0, 0.1) is 13.8 Å². The zero-order valence-electron chi connectivity index (χ0n) is 17.1. The highest BCUT2D eigenvalue weighted by atomic mass is 16.2. The summed E-state index contributed by atoms with van der Waals surface area (Å²) in [5.74, 6) is 1.43. The van der Waals surface area contributed by atoms with Crippen molar-refractivity contribution >= 4 is 16.9 Å². The van der Waals surface area contributed by atoms with Crippen molar-refractivity contribution in [3.05, 3.63) is 65.0 Å². The number of likely N-dealkylation sites (N-methyl/N-ethyl adjacent to an activating group) is 1. The lowest BCUT2D eigenvalue weighted by atomic mass is 9.93. The second-order valence-electron chi connectivity index (χ2n) is 8.20. The van der Waals surface area contributed by atoms with Crippen LogP contribution in [-0.4, -0.2) is 58.9 Å². The molecule has 2 atom stereocenters. The summed E-state index contributed by atoms with van der Waals surface area (Å²) in [6.45, 7) is 5.60. The van der Waals surface area contributed by atoms with E-state index in [2.05, 4.69) is 60.2 Å². The highest BCUT2D eigenvalue weighted by Gasteiger charge is 2.37. The summed E-state index contributed by atoms with van der Waals surface area (Å²) in [7, 11) is 4.21. The molecule has 5 heteroatoms. The average Bonchev–Trinajstić information content (AvgIpc) is 3.25. The van der Waals surface area contributed by atoms with Gasteiger partial charge in [0.2, 0.25) is 5.91 Å². The van der Waals surface area contributed by atoms with E-state index in [0.717, 1.165) is 35.5 Å². The molecule has 1 aromatic heterocycles. The minimum Gasteiger partial charge on any atom is -0.342 e. The minimum absolute atomic E-state index is 0.192. The van der Waals surface area contributed by atoms with Crippen LogP contribution in [-0.2, 0) is 11.2 Å². The van der Waals surface area contributed by atoms with Crippen molar-refractivity contribution < 1.29 is 4.79 Å². The predicted octanol–water partition coefficient (Wildman–Crippen LogP) is 3.28. The number of hydrogen-bond donors (Lipinski definition) is 1. The number of amides is 1. The Labute approximate surface area is 166 Å². The fourth-order valence-electron chi connectivity index (χ4n) is 4.24. The fourth-order valence-corrected chi connectivity index (χ4v) is 4.24. The molecular weight excluding hydrogens is 348 g/mol. The van der Waals surface area contributed by atoms with Crippen LogP contribution < -0.4 is 0 Å². The van der Waals surface area contributed by atoms with Gasteiger partial charge in [-0.05, 0) is 51.2 Å². The van der Waals surface area contributed by atoms with Gasteiger partial charge in [0.1, 0.15) is 5.82 Å². The molecule has 0 bridgehead atoms. The Hall–Kier alpha value is -2.66. The van der Waals surface area contributed by atoms with Crippen molar-refractivity contribution in [1.29, 1.82) is 0 Å². The molecule has 0 spiro atoms. The number of aromatic amines is 1. The Kier molecular flexibility index (Phi) is 4.94. The zero-order valence-corrected chi connectivity index (χ0v) is 17.1. The van der Waals surface area contributed by atoms with Crippen LogP contribution in [0.4, 0.5) is 0 Å². The van der Waals surface area contributed by atoms with Crippen molar-refractivity contribution in [1.82, 2.24) is 19.8 Å². The van der Waals surface area contributed by atoms with Crippen LogP contribution in [0.2, 0.25) is 0 Å². The quantitative estimate of drug-likeness (QED) is 0.760. The molecule has 5 nitrogen and oxygen atoms in total. The summed E-state index contributed by atoms with van der Waals surface area (Å²) in [6.07, 6.45) is 0.425. The first-order chi connectivity index (χ1) is 13.4. The lowest BCUT2D eigenvalue weighted by molar-refractivity contribution is -0.129. The van der Waals surface area contributed by atoms with E-state index in [9.17, 15) is 4.79 Å². The number of nitrogens with one attached hydrogen (secondary N) is 1. The number of likely N-dealkylation sites (tertiary alicyclic amines) is 1. The van der Waals surface area contributed by atoms with Gasteiger partial charge < -0.3 is 14.8 Å². The molecule has 0 aliphatic carbocycles. The monoisotopic (exact) mass is 376 g/mol. The van der Waals surface area contributed by atoms with Gasteiger partial charge in [0.15, 0.2) is 0 Å². The number of H-pyrrole nitrogens is 1. The van der Waals surface area contributed by atoms with Gasteiger partial charge in [-0.3, -0.25) is 4.79 Å². The third kappa shape index (κ3) is 3.67. The predicted molar refractivity (Wildman–Crippen MR) is 113 cm³/mol. The highest BCUT2D eigenvalue weighted by molar-refractivity contribution is 5.82. The van der Waals surface area contributed by atoms with E-state index in [4.69, 9.17) is 0 Å². The van der Waals surface area contributed by atoms with Gasteiger partial charge in [0, 0.05) is 25.0 Å². The molecule has 1 aliphatic rings. The first-order valence-electron chi connectivity index (χ1n) is 9.87. The summed E-state index contributed by atoms with van der Waals surface area (Å²) in [5.41, 5.74) is 5.55. The van der Waals surface area contributed by atoms with Crippen molar-refractivity contribution in [2.24, 2.45) is 0 Å². The maximum Gasteiger partial charge on any atom is 0.227 e. The van der Waals surface area contributed by atoms with Crippen LogP contribution in [0.1, 0.15) is 28.4 Å². The standard InChI is InChI=1S/C23H28N4O/c1-15-5-8-18(9-6-15)19-13-27(14-22(19)26(3)4)23(28)12-17-7-10-20-21(11-17)25-16(2)24-20/h5-11,19,22H,12-14H2,1-4H3,(H,24,25). The smallest absolute Gasteiger partial charge is 0.227 e. The summed E-state index contributed by atoms with van der Waals surface area (Å²) in [5, 5.41) is 0. The van der Waals surface area contributed by atoms with Gasteiger partial charge in [0.25, 0.3) is 0 Å². The third-order valence-corrected chi connectivity index (χ3v) is 5.83. The Morgan fingerprint density at radius 2 is 1.89 bits per heavy atom. The lowest BCUT2D eigenvalue weighted by Gasteiger charge is -2.25. The second kappa shape index (κ2) is 7.40. The van der Waals surface area contributed by atoms with Gasteiger partial charge in [-0.25, -0.2) is 4.98 Å². The zero-order chi connectivity index (χ0) is 19.8. The Balaban J connectivity index is 1.51. The van der Waals surface area contributed by atoms with Crippen LogP contribution in [0.3, 0.4) is 0 Å². The Bertz CT molecular complexity index is 990. The number of fused-ring (bicyclic) bond motifs is 1. The largest absolute Gasteiger partial charge is 0.342 e. The number of rotatable bonds is 4. The van der Waals surface area contributed by atoms with Crippen LogP contribution in [0.15, 0.2) is 42.5 Å². The van der Waals surface area contributed by atoms with Crippen LogP contribution >= 0.6 is 0 Å². The second-order valence-corrected chi connectivity index (χ2v) is 8.20. The molecule has 0 saturated carbocycles. The number of hydrogen-bond acceptors (Lipinski definition) is 3. The van der Waals surface area contributed by atoms with Crippen LogP contribution in [0.25, 0.3) is 11.0 Å². The molecule has 0 radical (unpaired) electrons. The summed E-state index contributed by atoms with van der Waals surface area (Å²) in [6, 6.07) is 15.1. The number of carbonyl (C=O) groups excluding carboxylic acids is 1.